The molecule has 1 aromatic carbocycles. The minimum Gasteiger partial charge on any atom is -0.466 e. The number of rotatable bonds is 4. The maximum atomic E-state index is 12.8. The maximum Gasteiger partial charge on any atom is 0.310 e. The molecule has 2 atom stereocenters. The molecule has 124 valence electrons. The zero-order valence-corrected chi connectivity index (χ0v) is 13.8. The monoisotopic (exact) mass is 316 g/mol. The van der Waals surface area contributed by atoms with Gasteiger partial charge in [-0.2, -0.15) is 0 Å². The van der Waals surface area contributed by atoms with Gasteiger partial charge in [-0.25, -0.2) is 0 Å². The van der Waals surface area contributed by atoms with Gasteiger partial charge < -0.3 is 9.64 Å². The number of hydrogen-bond donors (Lipinski definition) is 0. The Morgan fingerprint density at radius 2 is 2.00 bits per heavy atom. The molecule has 2 saturated heterocycles. The van der Waals surface area contributed by atoms with Crippen LogP contribution >= 0.6 is 0 Å². The lowest BCUT2D eigenvalue weighted by Crippen LogP contribution is -2.45. The van der Waals surface area contributed by atoms with Crippen molar-refractivity contribution in [2.45, 2.75) is 32.4 Å². The number of piperidine rings is 1. The molecule has 0 saturated carbocycles. The number of carbonyl (C=O) groups is 2. The van der Waals surface area contributed by atoms with Gasteiger partial charge in [0.2, 0.25) is 0 Å². The van der Waals surface area contributed by atoms with E-state index in [1.807, 2.05) is 29.2 Å². The first-order valence-electron chi connectivity index (χ1n) is 8.34. The van der Waals surface area contributed by atoms with E-state index in [2.05, 4.69) is 11.9 Å². The predicted octanol–water partition coefficient (Wildman–Crippen LogP) is 1.92. The van der Waals surface area contributed by atoms with Crippen LogP contribution in [0, 0.1) is 5.92 Å². The Hall–Kier alpha value is -1.88. The number of carbonyl (C=O) groups excluding carboxylic acids is 2. The summed E-state index contributed by atoms with van der Waals surface area (Å²) < 4.78 is 4.94. The van der Waals surface area contributed by atoms with Gasteiger partial charge in [0.15, 0.2) is 0 Å². The summed E-state index contributed by atoms with van der Waals surface area (Å²) in [4.78, 5) is 28.5. The summed E-state index contributed by atoms with van der Waals surface area (Å²) in [5, 5.41) is 0. The maximum absolute atomic E-state index is 12.8. The molecule has 1 aromatic rings. The minimum absolute atomic E-state index is 0.0916. The van der Waals surface area contributed by atoms with Crippen molar-refractivity contribution < 1.29 is 14.3 Å². The Morgan fingerprint density at radius 1 is 1.26 bits per heavy atom. The Balaban J connectivity index is 1.67. The van der Waals surface area contributed by atoms with Gasteiger partial charge in [-0.15, -0.1) is 0 Å². The standard InChI is InChI=1S/C18H24N2O3/c1-3-23-17(21)11-13-4-6-15(7-5-13)18(22)20-12-14-8-9-19(2)16(20)10-14/h4-7,14,16H,3,8-12H2,1-2H3. The van der Waals surface area contributed by atoms with Gasteiger partial charge in [-0.05, 0) is 50.4 Å². The lowest BCUT2D eigenvalue weighted by Gasteiger charge is -2.33. The third-order valence-corrected chi connectivity index (χ3v) is 4.87. The number of hydrogen-bond acceptors (Lipinski definition) is 4. The fourth-order valence-corrected chi connectivity index (χ4v) is 3.59. The first-order valence-corrected chi connectivity index (χ1v) is 8.34. The van der Waals surface area contributed by atoms with E-state index in [1.54, 1.807) is 6.92 Å². The quantitative estimate of drug-likeness (QED) is 0.796. The minimum atomic E-state index is -0.235. The largest absolute Gasteiger partial charge is 0.466 e. The van der Waals surface area contributed by atoms with E-state index in [4.69, 9.17) is 4.74 Å². The van der Waals surface area contributed by atoms with E-state index in [-0.39, 0.29) is 24.5 Å². The van der Waals surface area contributed by atoms with Gasteiger partial charge in [0.1, 0.15) is 0 Å². The number of ether oxygens (including phenoxy) is 1. The molecule has 2 bridgehead atoms. The number of nitrogens with zero attached hydrogens (tertiary/aromatic N) is 2. The molecular weight excluding hydrogens is 292 g/mol. The van der Waals surface area contributed by atoms with Gasteiger partial charge in [0, 0.05) is 18.7 Å². The Labute approximate surface area is 137 Å². The zero-order valence-electron chi connectivity index (χ0n) is 13.8. The zero-order chi connectivity index (χ0) is 16.4. The lowest BCUT2D eigenvalue weighted by atomic mass is 10.00. The first-order chi connectivity index (χ1) is 11.1. The summed E-state index contributed by atoms with van der Waals surface area (Å²) >= 11 is 0. The molecule has 2 heterocycles. The molecule has 23 heavy (non-hydrogen) atoms. The second kappa shape index (κ2) is 6.71. The van der Waals surface area contributed by atoms with Crippen LogP contribution in [-0.4, -0.2) is 54.6 Å². The summed E-state index contributed by atoms with van der Waals surface area (Å²) in [7, 11) is 2.09. The van der Waals surface area contributed by atoms with E-state index in [0.717, 1.165) is 25.1 Å². The van der Waals surface area contributed by atoms with Gasteiger partial charge in [0.25, 0.3) is 5.91 Å². The van der Waals surface area contributed by atoms with E-state index < -0.39 is 0 Å². The molecule has 1 amide bonds. The molecule has 5 heteroatoms. The summed E-state index contributed by atoms with van der Waals surface area (Å²) in [5.74, 6) is 0.499. The summed E-state index contributed by atoms with van der Waals surface area (Å²) in [6, 6.07) is 7.32. The van der Waals surface area contributed by atoms with Crippen molar-refractivity contribution >= 4 is 11.9 Å². The normalized spacial score (nSPS) is 23.8. The van der Waals surface area contributed by atoms with Crippen LogP contribution in [0.4, 0.5) is 0 Å². The van der Waals surface area contributed by atoms with Gasteiger partial charge in [-0.1, -0.05) is 12.1 Å². The molecule has 0 aromatic heterocycles. The van der Waals surface area contributed by atoms with Crippen molar-refractivity contribution in [1.29, 1.82) is 0 Å². The third kappa shape index (κ3) is 3.39. The number of amides is 1. The topological polar surface area (TPSA) is 49.9 Å². The van der Waals surface area contributed by atoms with Crippen LogP contribution in [0.2, 0.25) is 0 Å². The molecule has 3 rings (SSSR count). The molecule has 0 spiro atoms. The van der Waals surface area contributed by atoms with E-state index in [9.17, 15) is 9.59 Å². The van der Waals surface area contributed by atoms with Crippen LogP contribution in [-0.2, 0) is 16.0 Å². The fourth-order valence-electron chi connectivity index (χ4n) is 3.59. The highest BCUT2D eigenvalue weighted by molar-refractivity contribution is 5.94. The molecule has 2 fully saturated rings. The third-order valence-electron chi connectivity index (χ3n) is 4.87. The predicted molar refractivity (Wildman–Crippen MR) is 87.0 cm³/mol. The highest BCUT2D eigenvalue weighted by Crippen LogP contribution is 2.33. The Bertz CT molecular complexity index is 584. The van der Waals surface area contributed by atoms with Gasteiger partial charge in [0.05, 0.1) is 19.2 Å². The molecule has 2 aliphatic rings. The van der Waals surface area contributed by atoms with Crippen molar-refractivity contribution in [3.8, 4) is 0 Å². The Morgan fingerprint density at radius 3 is 2.70 bits per heavy atom. The number of esters is 1. The molecule has 0 radical (unpaired) electrons. The molecule has 0 N–H and O–H groups in total. The van der Waals surface area contributed by atoms with E-state index in [1.165, 1.54) is 6.42 Å². The lowest BCUT2D eigenvalue weighted by molar-refractivity contribution is -0.142. The molecule has 5 nitrogen and oxygen atoms in total. The summed E-state index contributed by atoms with van der Waals surface area (Å²) in [5.41, 5.74) is 1.57. The highest BCUT2D eigenvalue weighted by atomic mass is 16.5. The number of benzene rings is 1. The van der Waals surface area contributed by atoms with Crippen LogP contribution in [0.15, 0.2) is 24.3 Å². The molecule has 2 aliphatic heterocycles. The van der Waals surface area contributed by atoms with Crippen LogP contribution in [0.3, 0.4) is 0 Å². The average molecular weight is 316 g/mol. The van der Waals surface area contributed by atoms with E-state index >= 15 is 0 Å². The number of fused-ring (bicyclic) bond motifs is 2. The molecule has 2 unspecified atom stereocenters. The average Bonchev–Trinajstić information content (AvgIpc) is 2.90. The first kappa shape index (κ1) is 16.0. The summed E-state index contributed by atoms with van der Waals surface area (Å²) in [6.07, 6.45) is 2.75. The fraction of sp³-hybridized carbons (Fsp3) is 0.556. The van der Waals surface area contributed by atoms with Crippen LogP contribution in [0.5, 0.6) is 0 Å². The molecule has 0 aliphatic carbocycles. The summed E-state index contributed by atoms with van der Waals surface area (Å²) in [6.45, 7) is 4.11. The van der Waals surface area contributed by atoms with Crippen molar-refractivity contribution in [3.05, 3.63) is 35.4 Å². The molecular formula is C18H24N2O3. The number of likely N-dealkylation sites (tertiary alicyclic amines) is 2. The van der Waals surface area contributed by atoms with Crippen LogP contribution in [0.25, 0.3) is 0 Å². The van der Waals surface area contributed by atoms with Crippen molar-refractivity contribution in [1.82, 2.24) is 9.80 Å². The highest BCUT2D eigenvalue weighted by Gasteiger charge is 2.40. The second-order valence-electron chi connectivity index (χ2n) is 6.49. The smallest absolute Gasteiger partial charge is 0.310 e. The SMILES string of the molecule is CCOC(=O)Cc1ccc(C(=O)N2CC3CCN(C)C2C3)cc1. The van der Waals surface area contributed by atoms with Crippen LogP contribution in [0.1, 0.15) is 35.7 Å². The van der Waals surface area contributed by atoms with Gasteiger partial charge >= 0.3 is 5.97 Å². The van der Waals surface area contributed by atoms with Crippen molar-refractivity contribution in [2.75, 3.05) is 26.7 Å². The van der Waals surface area contributed by atoms with Gasteiger partial charge in [-0.3, -0.25) is 14.5 Å². The second-order valence-corrected chi connectivity index (χ2v) is 6.49. The van der Waals surface area contributed by atoms with Crippen molar-refractivity contribution in [2.24, 2.45) is 5.92 Å². The van der Waals surface area contributed by atoms with Crippen molar-refractivity contribution in [3.63, 3.8) is 0 Å². The van der Waals surface area contributed by atoms with E-state index in [0.29, 0.717) is 18.1 Å². The van der Waals surface area contributed by atoms with Crippen LogP contribution < -0.4 is 0 Å². The Kier molecular flexibility index (Phi) is 4.66.